The van der Waals surface area contributed by atoms with Gasteiger partial charge in [0.05, 0.1) is 29.7 Å². The Morgan fingerprint density at radius 1 is 1.07 bits per heavy atom. The molecule has 2 aromatic carbocycles. The molecule has 0 bridgehead atoms. The van der Waals surface area contributed by atoms with Crippen LogP contribution in [-0.2, 0) is 13.1 Å². The zero-order valence-corrected chi connectivity index (χ0v) is 17.5. The van der Waals surface area contributed by atoms with Crippen molar-refractivity contribution in [1.82, 2.24) is 24.9 Å². The summed E-state index contributed by atoms with van der Waals surface area (Å²) >= 11 is 3.43. The maximum Gasteiger partial charge on any atom is 0.255 e. The monoisotopic (exact) mass is 449 g/mol. The van der Waals surface area contributed by atoms with Gasteiger partial charge in [-0.05, 0) is 48.4 Å². The van der Waals surface area contributed by atoms with Crippen LogP contribution in [0.25, 0.3) is 5.69 Å². The molecular weight excluding hydrogens is 430 g/mol. The zero-order valence-electron chi connectivity index (χ0n) is 15.9. The summed E-state index contributed by atoms with van der Waals surface area (Å²) in [5.74, 6) is -0.136. The Hall–Kier alpha value is -3.19. The molecule has 0 fully saturated rings. The quantitative estimate of drug-likeness (QED) is 0.481. The molecule has 0 aliphatic carbocycles. The van der Waals surface area contributed by atoms with Crippen LogP contribution in [-0.4, -0.2) is 25.5 Å². The minimum Gasteiger partial charge on any atom is -0.348 e. The lowest BCUT2D eigenvalue weighted by Gasteiger charge is -2.08. The third-order valence-electron chi connectivity index (χ3n) is 4.67. The smallest absolute Gasteiger partial charge is 0.255 e. The van der Waals surface area contributed by atoms with Gasteiger partial charge in [0.2, 0.25) is 0 Å². The minimum atomic E-state index is -0.136. The number of carbonyl (C=O) groups is 1. The van der Waals surface area contributed by atoms with E-state index in [9.17, 15) is 4.79 Å². The van der Waals surface area contributed by atoms with Crippen molar-refractivity contribution in [2.75, 3.05) is 0 Å². The Kier molecular flexibility index (Phi) is 5.57. The van der Waals surface area contributed by atoms with Crippen molar-refractivity contribution < 1.29 is 4.79 Å². The van der Waals surface area contributed by atoms with Crippen molar-refractivity contribution in [2.45, 2.75) is 20.0 Å². The van der Waals surface area contributed by atoms with E-state index in [-0.39, 0.29) is 5.91 Å². The first-order valence-corrected chi connectivity index (χ1v) is 10.0. The maximum atomic E-state index is 12.7. The number of amides is 1. The van der Waals surface area contributed by atoms with Crippen molar-refractivity contribution in [2.24, 2.45) is 0 Å². The fourth-order valence-electron chi connectivity index (χ4n) is 3.17. The van der Waals surface area contributed by atoms with Crippen molar-refractivity contribution in [3.63, 3.8) is 0 Å². The molecule has 146 valence electrons. The molecule has 7 heteroatoms. The molecular formula is C22H20BrN5O. The highest BCUT2D eigenvalue weighted by molar-refractivity contribution is 9.10. The van der Waals surface area contributed by atoms with Crippen molar-refractivity contribution in [3.8, 4) is 5.69 Å². The number of hydrogen-bond acceptors (Lipinski definition) is 3. The summed E-state index contributed by atoms with van der Waals surface area (Å²) in [6, 6.07) is 17.9. The standard InChI is InChI=1S/C22H20BrN5O/c1-16-21(14-26-28(16)20-8-6-19(23)7-9-20)22(29)24-13-17-4-2-5-18(12-17)15-27-11-3-10-25-27/h2-12,14H,13,15H2,1H3,(H,24,29). The molecule has 4 rings (SSSR count). The maximum absolute atomic E-state index is 12.7. The summed E-state index contributed by atoms with van der Waals surface area (Å²) in [7, 11) is 0. The Morgan fingerprint density at radius 3 is 2.62 bits per heavy atom. The number of halogens is 1. The lowest BCUT2D eigenvalue weighted by atomic mass is 10.1. The highest BCUT2D eigenvalue weighted by Crippen LogP contribution is 2.17. The Morgan fingerprint density at radius 2 is 1.86 bits per heavy atom. The van der Waals surface area contributed by atoms with E-state index in [1.807, 2.05) is 60.3 Å². The van der Waals surface area contributed by atoms with Crippen LogP contribution in [0.15, 0.2) is 77.7 Å². The molecule has 0 unspecified atom stereocenters. The summed E-state index contributed by atoms with van der Waals surface area (Å²) in [6.45, 7) is 3.05. The van der Waals surface area contributed by atoms with Crippen LogP contribution < -0.4 is 5.32 Å². The van der Waals surface area contributed by atoms with E-state index in [0.29, 0.717) is 18.7 Å². The van der Waals surface area contributed by atoms with E-state index in [4.69, 9.17) is 0 Å². The van der Waals surface area contributed by atoms with Crippen LogP contribution in [0.5, 0.6) is 0 Å². The fourth-order valence-corrected chi connectivity index (χ4v) is 3.44. The van der Waals surface area contributed by atoms with Crippen molar-refractivity contribution in [3.05, 3.63) is 100 Å². The predicted octanol–water partition coefficient (Wildman–Crippen LogP) is 4.12. The average Bonchev–Trinajstić information content (AvgIpc) is 3.37. The molecule has 29 heavy (non-hydrogen) atoms. The summed E-state index contributed by atoms with van der Waals surface area (Å²) in [6.07, 6.45) is 5.31. The normalized spacial score (nSPS) is 10.8. The second-order valence-corrected chi connectivity index (χ2v) is 7.65. The molecule has 0 atom stereocenters. The first-order chi connectivity index (χ1) is 14.1. The highest BCUT2D eigenvalue weighted by Gasteiger charge is 2.15. The topological polar surface area (TPSA) is 64.7 Å². The lowest BCUT2D eigenvalue weighted by molar-refractivity contribution is 0.0950. The predicted molar refractivity (Wildman–Crippen MR) is 115 cm³/mol. The highest BCUT2D eigenvalue weighted by atomic mass is 79.9. The van der Waals surface area contributed by atoms with Crippen molar-refractivity contribution >= 4 is 21.8 Å². The van der Waals surface area contributed by atoms with E-state index in [1.54, 1.807) is 17.1 Å². The fraction of sp³-hybridized carbons (Fsp3) is 0.136. The van der Waals surface area contributed by atoms with E-state index < -0.39 is 0 Å². The Balaban J connectivity index is 1.43. The molecule has 0 saturated heterocycles. The van der Waals surface area contributed by atoms with E-state index in [0.717, 1.165) is 27.0 Å². The van der Waals surface area contributed by atoms with Crippen LogP contribution in [0.4, 0.5) is 0 Å². The van der Waals surface area contributed by atoms with Gasteiger partial charge in [-0.2, -0.15) is 10.2 Å². The largest absolute Gasteiger partial charge is 0.348 e. The third kappa shape index (κ3) is 4.46. The van der Waals surface area contributed by atoms with Crippen LogP contribution >= 0.6 is 15.9 Å². The van der Waals surface area contributed by atoms with Crippen LogP contribution in [0.3, 0.4) is 0 Å². The number of benzene rings is 2. The number of rotatable bonds is 6. The molecule has 1 N–H and O–H groups in total. The number of nitrogens with zero attached hydrogens (tertiary/aromatic N) is 4. The summed E-state index contributed by atoms with van der Waals surface area (Å²) in [5, 5.41) is 11.6. The first-order valence-electron chi connectivity index (χ1n) is 9.24. The van der Waals surface area contributed by atoms with Gasteiger partial charge in [0.25, 0.3) is 5.91 Å². The zero-order chi connectivity index (χ0) is 20.2. The van der Waals surface area contributed by atoms with Crippen molar-refractivity contribution in [1.29, 1.82) is 0 Å². The van der Waals surface area contributed by atoms with Gasteiger partial charge >= 0.3 is 0 Å². The lowest BCUT2D eigenvalue weighted by Crippen LogP contribution is -2.23. The van der Waals surface area contributed by atoms with Gasteiger partial charge < -0.3 is 5.32 Å². The van der Waals surface area contributed by atoms with E-state index >= 15 is 0 Å². The molecule has 1 amide bonds. The summed E-state index contributed by atoms with van der Waals surface area (Å²) in [4.78, 5) is 12.7. The van der Waals surface area contributed by atoms with Gasteiger partial charge in [-0.3, -0.25) is 9.48 Å². The number of carbonyl (C=O) groups excluding carboxylic acids is 1. The number of nitrogens with one attached hydrogen (secondary N) is 1. The second kappa shape index (κ2) is 8.45. The molecule has 0 spiro atoms. The van der Waals surface area contributed by atoms with Crippen LogP contribution in [0, 0.1) is 6.92 Å². The van der Waals surface area contributed by atoms with Crippen LogP contribution in [0.1, 0.15) is 27.2 Å². The molecule has 0 aliphatic heterocycles. The van der Waals surface area contributed by atoms with E-state index in [1.165, 1.54) is 0 Å². The molecule has 0 aliphatic rings. The molecule has 4 aromatic rings. The molecule has 0 saturated carbocycles. The Bertz CT molecular complexity index is 1120. The average molecular weight is 450 g/mol. The van der Waals surface area contributed by atoms with Gasteiger partial charge in [0, 0.05) is 23.4 Å². The van der Waals surface area contributed by atoms with Gasteiger partial charge in [-0.15, -0.1) is 0 Å². The van der Waals surface area contributed by atoms with Gasteiger partial charge in [0.15, 0.2) is 0 Å². The Labute approximate surface area is 177 Å². The second-order valence-electron chi connectivity index (χ2n) is 6.74. The SMILES string of the molecule is Cc1c(C(=O)NCc2cccc(Cn3cccn3)c2)cnn1-c1ccc(Br)cc1. The third-order valence-corrected chi connectivity index (χ3v) is 5.20. The molecule has 2 aromatic heterocycles. The molecule has 0 radical (unpaired) electrons. The van der Waals surface area contributed by atoms with E-state index in [2.05, 4.69) is 43.6 Å². The van der Waals surface area contributed by atoms with Gasteiger partial charge in [-0.1, -0.05) is 40.2 Å². The molecule has 6 nitrogen and oxygen atoms in total. The van der Waals surface area contributed by atoms with Crippen LogP contribution in [0.2, 0.25) is 0 Å². The van der Waals surface area contributed by atoms with Gasteiger partial charge in [-0.25, -0.2) is 4.68 Å². The van der Waals surface area contributed by atoms with Gasteiger partial charge in [0.1, 0.15) is 0 Å². The summed E-state index contributed by atoms with van der Waals surface area (Å²) < 4.78 is 4.64. The minimum absolute atomic E-state index is 0.136. The molecule has 2 heterocycles. The number of hydrogen-bond donors (Lipinski definition) is 1. The number of aromatic nitrogens is 4. The first kappa shape index (κ1) is 19.1. The summed E-state index contributed by atoms with van der Waals surface area (Å²) in [5.41, 5.74) is 4.47.